The van der Waals surface area contributed by atoms with E-state index in [1.807, 2.05) is 0 Å². The van der Waals surface area contributed by atoms with Gasteiger partial charge in [0.05, 0.1) is 0 Å². The van der Waals surface area contributed by atoms with Gasteiger partial charge in [-0.2, -0.15) is 0 Å². The molecule has 0 aromatic carbocycles. The molecular formula is C19H36O4. The lowest BCUT2D eigenvalue weighted by Crippen LogP contribution is -2.25. The molecule has 23 heavy (non-hydrogen) atoms. The molecule has 0 saturated carbocycles. The Labute approximate surface area is 141 Å². The summed E-state index contributed by atoms with van der Waals surface area (Å²) in [4.78, 5) is 22.1. The van der Waals surface area contributed by atoms with Gasteiger partial charge in [0.15, 0.2) is 5.92 Å². The zero-order valence-corrected chi connectivity index (χ0v) is 15.3. The van der Waals surface area contributed by atoms with Crippen molar-refractivity contribution in [2.45, 2.75) is 97.8 Å². The molecule has 136 valence electrons. The van der Waals surface area contributed by atoms with Gasteiger partial charge >= 0.3 is 11.9 Å². The Kier molecular flexibility index (Phi) is 11.8. The van der Waals surface area contributed by atoms with Crippen molar-refractivity contribution in [1.29, 1.82) is 0 Å². The van der Waals surface area contributed by atoms with Gasteiger partial charge in [-0.3, -0.25) is 9.59 Å². The third-order valence-corrected chi connectivity index (χ3v) is 4.98. The van der Waals surface area contributed by atoms with Crippen LogP contribution < -0.4 is 0 Å². The van der Waals surface area contributed by atoms with Crippen molar-refractivity contribution in [1.82, 2.24) is 0 Å². The Morgan fingerprint density at radius 3 is 1.39 bits per heavy atom. The number of carbonyl (C=O) groups is 2. The fraction of sp³-hybridized carbons (Fsp3) is 0.895. The number of hydrogen-bond acceptors (Lipinski definition) is 2. The Hall–Kier alpha value is -1.06. The second-order valence-corrected chi connectivity index (χ2v) is 6.93. The van der Waals surface area contributed by atoms with Gasteiger partial charge in [-0.1, -0.05) is 65.7 Å². The molecule has 4 nitrogen and oxygen atoms in total. The second kappa shape index (κ2) is 12.4. The summed E-state index contributed by atoms with van der Waals surface area (Å²) in [6, 6.07) is 0. The van der Waals surface area contributed by atoms with Gasteiger partial charge in [0.2, 0.25) is 0 Å². The highest BCUT2D eigenvalue weighted by molar-refractivity contribution is 5.92. The van der Waals surface area contributed by atoms with Gasteiger partial charge < -0.3 is 10.2 Å². The van der Waals surface area contributed by atoms with Gasteiger partial charge in [-0.05, 0) is 37.5 Å². The molecular weight excluding hydrogens is 292 g/mol. The van der Waals surface area contributed by atoms with Gasteiger partial charge in [0.1, 0.15) is 0 Å². The van der Waals surface area contributed by atoms with E-state index in [0.29, 0.717) is 6.42 Å². The van der Waals surface area contributed by atoms with E-state index in [0.717, 1.165) is 6.42 Å². The van der Waals surface area contributed by atoms with E-state index in [4.69, 9.17) is 10.2 Å². The monoisotopic (exact) mass is 328 g/mol. The van der Waals surface area contributed by atoms with Crippen molar-refractivity contribution in [3.63, 3.8) is 0 Å². The van der Waals surface area contributed by atoms with Crippen LogP contribution >= 0.6 is 0 Å². The lowest BCUT2D eigenvalue weighted by molar-refractivity contribution is -0.154. The average Bonchev–Trinajstić information content (AvgIpc) is 2.51. The van der Waals surface area contributed by atoms with Crippen LogP contribution in [0.2, 0.25) is 0 Å². The molecule has 0 aliphatic rings. The molecule has 0 saturated heterocycles. The lowest BCUT2D eigenvalue weighted by atomic mass is 9.71. The van der Waals surface area contributed by atoms with Crippen LogP contribution in [0.15, 0.2) is 0 Å². The third-order valence-electron chi connectivity index (χ3n) is 4.98. The smallest absolute Gasteiger partial charge is 0.317 e. The molecule has 0 aliphatic heterocycles. The van der Waals surface area contributed by atoms with Crippen LogP contribution in [0.3, 0.4) is 0 Å². The maximum Gasteiger partial charge on any atom is 0.317 e. The van der Waals surface area contributed by atoms with Crippen molar-refractivity contribution in [2.75, 3.05) is 0 Å². The van der Waals surface area contributed by atoms with Crippen LogP contribution in [0.5, 0.6) is 0 Å². The molecule has 0 heterocycles. The van der Waals surface area contributed by atoms with Gasteiger partial charge in [-0.25, -0.2) is 0 Å². The Morgan fingerprint density at radius 1 is 0.739 bits per heavy atom. The fourth-order valence-electron chi connectivity index (χ4n) is 3.44. The fourth-order valence-corrected chi connectivity index (χ4v) is 3.44. The summed E-state index contributed by atoms with van der Waals surface area (Å²) >= 11 is 0. The van der Waals surface area contributed by atoms with Crippen LogP contribution in [0.1, 0.15) is 97.8 Å². The van der Waals surface area contributed by atoms with Crippen LogP contribution in [0.25, 0.3) is 0 Å². The Morgan fingerprint density at radius 2 is 1.09 bits per heavy atom. The summed E-state index contributed by atoms with van der Waals surface area (Å²) in [5, 5.41) is 18.0. The molecule has 4 heteroatoms. The van der Waals surface area contributed by atoms with Crippen LogP contribution in [-0.2, 0) is 9.59 Å². The van der Waals surface area contributed by atoms with Crippen molar-refractivity contribution >= 4 is 11.9 Å². The van der Waals surface area contributed by atoms with E-state index in [1.54, 1.807) is 0 Å². The van der Waals surface area contributed by atoms with E-state index in [9.17, 15) is 9.59 Å². The topological polar surface area (TPSA) is 74.6 Å². The second-order valence-electron chi connectivity index (χ2n) is 6.93. The number of aliphatic carboxylic acids is 2. The molecule has 0 aromatic rings. The van der Waals surface area contributed by atoms with Gasteiger partial charge in [-0.15, -0.1) is 0 Å². The van der Waals surface area contributed by atoms with Crippen molar-refractivity contribution in [2.24, 2.45) is 11.3 Å². The van der Waals surface area contributed by atoms with Crippen LogP contribution in [-0.4, -0.2) is 22.2 Å². The summed E-state index contributed by atoms with van der Waals surface area (Å²) < 4.78 is 0. The predicted molar refractivity (Wildman–Crippen MR) is 93.6 cm³/mol. The van der Waals surface area contributed by atoms with Crippen molar-refractivity contribution in [3.8, 4) is 0 Å². The quantitative estimate of drug-likeness (QED) is 0.389. The highest BCUT2D eigenvalue weighted by Gasteiger charge is 2.30. The minimum absolute atomic E-state index is 0.247. The Balaban J connectivity index is 4.80. The molecule has 0 aromatic heterocycles. The first-order chi connectivity index (χ1) is 10.9. The number of hydrogen-bond donors (Lipinski definition) is 2. The first kappa shape index (κ1) is 21.9. The summed E-state index contributed by atoms with van der Waals surface area (Å²) in [5.41, 5.74) is 0.281. The minimum atomic E-state index is -1.25. The summed E-state index contributed by atoms with van der Waals surface area (Å²) in [6.07, 6.45) is 12.6. The SMILES string of the molecule is CCCCC(CCCC)(CCCC)CCCC(C(=O)O)C(=O)O. The van der Waals surface area contributed by atoms with E-state index in [2.05, 4.69) is 20.8 Å². The van der Waals surface area contributed by atoms with E-state index < -0.39 is 17.9 Å². The molecule has 0 unspecified atom stereocenters. The maximum absolute atomic E-state index is 11.0. The highest BCUT2D eigenvalue weighted by Crippen LogP contribution is 2.41. The molecule has 0 radical (unpaired) electrons. The van der Waals surface area contributed by atoms with E-state index in [1.165, 1.54) is 57.8 Å². The molecule has 0 fully saturated rings. The molecule has 2 N–H and O–H groups in total. The lowest BCUT2D eigenvalue weighted by Gasteiger charge is -2.35. The molecule has 0 amide bonds. The predicted octanol–water partition coefficient (Wildman–Crippen LogP) is 5.50. The van der Waals surface area contributed by atoms with Crippen molar-refractivity contribution in [3.05, 3.63) is 0 Å². The normalized spacial score (nSPS) is 11.8. The minimum Gasteiger partial charge on any atom is -0.481 e. The molecule has 0 spiro atoms. The largest absolute Gasteiger partial charge is 0.481 e. The first-order valence-electron chi connectivity index (χ1n) is 9.38. The molecule has 0 atom stereocenters. The number of carboxylic acid groups (broad SMARTS) is 2. The summed E-state index contributed by atoms with van der Waals surface area (Å²) in [6.45, 7) is 6.61. The van der Waals surface area contributed by atoms with Crippen LogP contribution in [0.4, 0.5) is 0 Å². The molecule has 0 bridgehead atoms. The van der Waals surface area contributed by atoms with Crippen molar-refractivity contribution < 1.29 is 19.8 Å². The van der Waals surface area contributed by atoms with Gasteiger partial charge in [0.25, 0.3) is 0 Å². The van der Waals surface area contributed by atoms with Gasteiger partial charge in [0, 0.05) is 0 Å². The number of carboxylic acids is 2. The standard InChI is InChI=1S/C19H36O4/c1-4-7-12-19(13-8-5-2,14-9-6-3)15-10-11-16(17(20)21)18(22)23/h16H,4-15H2,1-3H3,(H,20,21)(H,22,23). The van der Waals surface area contributed by atoms with E-state index in [-0.39, 0.29) is 11.8 Å². The number of rotatable bonds is 15. The molecule has 0 aliphatic carbocycles. The average molecular weight is 328 g/mol. The maximum atomic E-state index is 11.0. The molecule has 0 rings (SSSR count). The number of unbranched alkanes of at least 4 members (excludes halogenated alkanes) is 3. The van der Waals surface area contributed by atoms with E-state index >= 15 is 0 Å². The Bertz CT molecular complexity index is 302. The zero-order chi connectivity index (χ0) is 17.7. The highest BCUT2D eigenvalue weighted by atomic mass is 16.4. The zero-order valence-electron chi connectivity index (χ0n) is 15.3. The summed E-state index contributed by atoms with van der Waals surface area (Å²) in [5.74, 6) is -3.67. The summed E-state index contributed by atoms with van der Waals surface area (Å²) in [7, 11) is 0. The third kappa shape index (κ3) is 8.97. The van der Waals surface area contributed by atoms with Crippen LogP contribution in [0, 0.1) is 11.3 Å². The first-order valence-corrected chi connectivity index (χ1v) is 9.38.